The minimum absolute atomic E-state index is 0.136. The Kier molecular flexibility index (Phi) is 5.78. The number of ether oxygens (including phenoxy) is 1. The predicted molar refractivity (Wildman–Crippen MR) is 128 cm³/mol. The molecule has 1 amide bonds. The minimum Gasteiger partial charge on any atom is -0.489 e. The summed E-state index contributed by atoms with van der Waals surface area (Å²) in [6.45, 7) is 5.39. The van der Waals surface area contributed by atoms with Crippen LogP contribution in [0.1, 0.15) is 45.8 Å². The Hall–Kier alpha value is -2.69. The van der Waals surface area contributed by atoms with Crippen molar-refractivity contribution in [1.82, 2.24) is 23.8 Å². The number of carbonyl (C=O) groups is 1. The molecular weight excluding hydrogens is 478 g/mol. The predicted octanol–water partition coefficient (Wildman–Crippen LogP) is 2.96. The van der Waals surface area contributed by atoms with Crippen LogP contribution in [0.3, 0.4) is 0 Å². The first-order valence-electron chi connectivity index (χ1n) is 11.2. The van der Waals surface area contributed by atoms with Crippen molar-refractivity contribution in [2.24, 2.45) is 0 Å². The first-order chi connectivity index (χ1) is 16.1. The number of nitrogens with zero attached hydrogens (tertiary/aromatic N) is 5. The van der Waals surface area contributed by atoms with Gasteiger partial charge >= 0.3 is 0 Å². The fourth-order valence-corrected chi connectivity index (χ4v) is 5.63. The molecule has 0 aliphatic carbocycles. The smallest absolute Gasteiger partial charge is 0.258 e. The molecular formula is C23H26ClN5O4S. The van der Waals surface area contributed by atoms with Gasteiger partial charge in [0.25, 0.3) is 5.91 Å². The first kappa shape index (κ1) is 23.1. The Morgan fingerprint density at radius 3 is 2.56 bits per heavy atom. The van der Waals surface area contributed by atoms with Crippen molar-refractivity contribution in [3.63, 3.8) is 0 Å². The second-order valence-corrected chi connectivity index (χ2v) is 11.3. The highest BCUT2D eigenvalue weighted by Gasteiger charge is 2.32. The lowest BCUT2D eigenvalue weighted by atomic mass is 10.1. The second-order valence-electron chi connectivity index (χ2n) is 8.89. The highest BCUT2D eigenvalue weighted by atomic mass is 35.5. The lowest BCUT2D eigenvalue weighted by molar-refractivity contribution is 0.0737. The summed E-state index contributed by atoms with van der Waals surface area (Å²) in [5, 5.41) is 5.25. The third-order valence-electron chi connectivity index (χ3n) is 6.52. The van der Waals surface area contributed by atoms with Crippen LogP contribution in [-0.2, 0) is 23.1 Å². The zero-order valence-corrected chi connectivity index (χ0v) is 20.9. The number of aromatic nitrogens is 3. The van der Waals surface area contributed by atoms with Crippen LogP contribution in [-0.4, -0.2) is 63.6 Å². The van der Waals surface area contributed by atoms with Gasteiger partial charge in [-0.2, -0.15) is 5.10 Å². The van der Waals surface area contributed by atoms with Gasteiger partial charge in [0, 0.05) is 18.7 Å². The largest absolute Gasteiger partial charge is 0.489 e. The molecule has 1 saturated heterocycles. The van der Waals surface area contributed by atoms with Gasteiger partial charge in [-0.3, -0.25) is 4.79 Å². The molecule has 180 valence electrons. The normalized spacial score (nSPS) is 17.4. The number of sulfonamides is 1. The van der Waals surface area contributed by atoms with E-state index in [9.17, 15) is 13.2 Å². The molecule has 0 unspecified atom stereocenters. The van der Waals surface area contributed by atoms with Gasteiger partial charge in [0.2, 0.25) is 10.0 Å². The number of carbonyl (C=O) groups excluding carboxylic acids is 1. The Labute approximate surface area is 203 Å². The van der Waals surface area contributed by atoms with Gasteiger partial charge in [-0.05, 0) is 38.8 Å². The summed E-state index contributed by atoms with van der Waals surface area (Å²) in [5.74, 6) is 0.378. The molecule has 5 rings (SSSR count). The van der Waals surface area contributed by atoms with E-state index in [1.807, 2.05) is 26.0 Å². The van der Waals surface area contributed by atoms with E-state index in [0.29, 0.717) is 55.4 Å². The van der Waals surface area contributed by atoms with Gasteiger partial charge in [0.05, 0.1) is 47.0 Å². The standard InChI is InChI=1S/C23H26ClN5O4S/c1-14-21(24)15(2)29-22(25-14)18-12-27(13-19(18)26-29)23(30)17-6-4-5-7-20(17)33-16-8-10-28(11-9-16)34(3,31)32/h4-7,16H,8-13H2,1-3H3. The van der Waals surface area contributed by atoms with Gasteiger partial charge in [-0.1, -0.05) is 23.7 Å². The number of halogens is 1. The van der Waals surface area contributed by atoms with Gasteiger partial charge < -0.3 is 9.64 Å². The van der Waals surface area contributed by atoms with E-state index in [2.05, 4.69) is 10.1 Å². The Balaban J connectivity index is 1.34. The maximum atomic E-state index is 13.5. The van der Waals surface area contributed by atoms with Crippen molar-refractivity contribution >= 4 is 33.2 Å². The zero-order chi connectivity index (χ0) is 24.2. The van der Waals surface area contributed by atoms with Crippen molar-refractivity contribution in [3.8, 4) is 5.75 Å². The lowest BCUT2D eigenvalue weighted by Crippen LogP contribution is -2.41. The van der Waals surface area contributed by atoms with Crippen molar-refractivity contribution in [2.45, 2.75) is 45.9 Å². The second kappa shape index (κ2) is 8.51. The van der Waals surface area contributed by atoms with Crippen LogP contribution >= 0.6 is 11.6 Å². The van der Waals surface area contributed by atoms with E-state index in [1.54, 1.807) is 21.5 Å². The van der Waals surface area contributed by atoms with Crippen LogP contribution in [0.5, 0.6) is 5.75 Å². The number of aryl methyl sites for hydroxylation is 2. The summed E-state index contributed by atoms with van der Waals surface area (Å²) in [5.41, 5.74) is 4.53. The van der Waals surface area contributed by atoms with Crippen LogP contribution in [0, 0.1) is 13.8 Å². The lowest BCUT2D eigenvalue weighted by Gasteiger charge is -2.31. The van der Waals surface area contributed by atoms with E-state index in [4.69, 9.17) is 16.3 Å². The van der Waals surface area contributed by atoms with E-state index >= 15 is 0 Å². The van der Waals surface area contributed by atoms with E-state index in [0.717, 1.165) is 28.3 Å². The summed E-state index contributed by atoms with van der Waals surface area (Å²) in [7, 11) is -3.20. The molecule has 0 radical (unpaired) electrons. The maximum Gasteiger partial charge on any atom is 0.258 e. The summed E-state index contributed by atoms with van der Waals surface area (Å²) < 4.78 is 32.9. The topological polar surface area (TPSA) is 97.1 Å². The molecule has 0 atom stereocenters. The average molecular weight is 504 g/mol. The number of rotatable bonds is 4. The molecule has 3 aromatic rings. The van der Waals surface area contributed by atoms with Crippen molar-refractivity contribution in [2.75, 3.05) is 19.3 Å². The molecule has 9 nitrogen and oxygen atoms in total. The fourth-order valence-electron chi connectivity index (χ4n) is 4.63. The number of fused-ring (bicyclic) bond motifs is 3. The van der Waals surface area contributed by atoms with Crippen molar-refractivity contribution < 1.29 is 17.9 Å². The zero-order valence-electron chi connectivity index (χ0n) is 19.3. The highest BCUT2D eigenvalue weighted by molar-refractivity contribution is 7.88. The van der Waals surface area contributed by atoms with Crippen molar-refractivity contribution in [3.05, 3.63) is 57.5 Å². The summed E-state index contributed by atoms with van der Waals surface area (Å²) in [6.07, 6.45) is 2.23. The molecule has 2 aromatic heterocycles. The van der Waals surface area contributed by atoms with Gasteiger partial charge in [-0.25, -0.2) is 22.2 Å². The Morgan fingerprint density at radius 2 is 1.85 bits per heavy atom. The minimum atomic E-state index is -3.20. The quantitative estimate of drug-likeness (QED) is 0.543. The molecule has 2 aliphatic heterocycles. The number of piperidine rings is 1. The molecule has 0 spiro atoms. The highest BCUT2D eigenvalue weighted by Crippen LogP contribution is 2.32. The summed E-state index contributed by atoms with van der Waals surface area (Å²) >= 11 is 6.33. The molecule has 0 saturated carbocycles. The van der Waals surface area contributed by atoms with Crippen LogP contribution < -0.4 is 4.74 Å². The number of hydrogen-bond acceptors (Lipinski definition) is 6. The number of benzene rings is 1. The van der Waals surface area contributed by atoms with E-state index in [-0.39, 0.29) is 12.0 Å². The monoisotopic (exact) mass is 503 g/mol. The molecule has 1 fully saturated rings. The maximum absolute atomic E-state index is 13.5. The van der Waals surface area contributed by atoms with Gasteiger partial charge in [0.15, 0.2) is 5.65 Å². The third-order valence-corrected chi connectivity index (χ3v) is 8.37. The number of para-hydroxylation sites is 1. The van der Waals surface area contributed by atoms with Crippen LogP contribution in [0.15, 0.2) is 24.3 Å². The summed E-state index contributed by atoms with van der Waals surface area (Å²) in [6, 6.07) is 7.20. The van der Waals surface area contributed by atoms with Crippen LogP contribution in [0.25, 0.3) is 5.65 Å². The Morgan fingerprint density at radius 1 is 1.15 bits per heavy atom. The SMILES string of the molecule is Cc1nc2c3c(nn2c(C)c1Cl)CN(C(=O)c1ccccc1OC1CCN(S(C)(=O)=O)CC1)C3. The first-order valence-corrected chi connectivity index (χ1v) is 13.4. The van der Waals surface area contributed by atoms with Crippen LogP contribution in [0.2, 0.25) is 5.02 Å². The molecule has 0 bridgehead atoms. The molecule has 4 heterocycles. The fraction of sp³-hybridized carbons (Fsp3) is 0.435. The van der Waals surface area contributed by atoms with E-state index < -0.39 is 10.0 Å². The molecule has 2 aliphatic rings. The van der Waals surface area contributed by atoms with E-state index in [1.165, 1.54) is 10.6 Å². The van der Waals surface area contributed by atoms with Gasteiger partial charge in [0.1, 0.15) is 11.9 Å². The van der Waals surface area contributed by atoms with Gasteiger partial charge in [-0.15, -0.1) is 0 Å². The molecule has 11 heteroatoms. The van der Waals surface area contributed by atoms with Crippen LogP contribution in [0.4, 0.5) is 0 Å². The molecule has 1 aromatic carbocycles. The molecule has 0 N–H and O–H groups in total. The Bertz CT molecular complexity index is 1400. The van der Waals surface area contributed by atoms with Crippen molar-refractivity contribution in [1.29, 1.82) is 0 Å². The molecule has 34 heavy (non-hydrogen) atoms. The summed E-state index contributed by atoms with van der Waals surface area (Å²) in [4.78, 5) is 19.8. The average Bonchev–Trinajstić information content (AvgIpc) is 3.36. The number of hydrogen-bond donors (Lipinski definition) is 0. The number of amides is 1. The third kappa shape index (κ3) is 4.03.